The molecule has 0 aliphatic heterocycles. The van der Waals surface area contributed by atoms with E-state index >= 15 is 0 Å². The fraction of sp³-hybridized carbons (Fsp3) is 0.222. The van der Waals surface area contributed by atoms with E-state index in [9.17, 15) is 22.4 Å². The summed E-state index contributed by atoms with van der Waals surface area (Å²) in [6.45, 7) is 0. The third-order valence-corrected chi connectivity index (χ3v) is 2.32. The molecule has 0 aliphatic rings. The van der Waals surface area contributed by atoms with Gasteiger partial charge in [0, 0.05) is 5.02 Å². The SMILES string of the molecule is O=C(Nc1cc(Cl)ccc1Cl)C(F)(F)C(F)F. The molecule has 0 unspecified atom stereocenters. The van der Waals surface area contributed by atoms with Crippen LogP contribution in [0.4, 0.5) is 23.2 Å². The monoisotopic (exact) mass is 289 g/mol. The normalized spacial score (nSPS) is 11.7. The van der Waals surface area contributed by atoms with Gasteiger partial charge in [0.25, 0.3) is 0 Å². The summed E-state index contributed by atoms with van der Waals surface area (Å²) in [5.74, 6) is -6.93. The Morgan fingerprint density at radius 3 is 2.41 bits per heavy atom. The lowest BCUT2D eigenvalue weighted by Gasteiger charge is -2.15. The Morgan fingerprint density at radius 1 is 1.29 bits per heavy atom. The molecule has 8 heteroatoms. The molecule has 0 heterocycles. The summed E-state index contributed by atoms with van der Waals surface area (Å²) in [5, 5.41) is 1.61. The third kappa shape index (κ3) is 3.23. The van der Waals surface area contributed by atoms with Crippen LogP contribution < -0.4 is 5.32 Å². The first-order valence-corrected chi connectivity index (χ1v) is 4.93. The lowest BCUT2D eigenvalue weighted by Crippen LogP contribution is -2.41. The highest BCUT2D eigenvalue weighted by atomic mass is 35.5. The van der Waals surface area contributed by atoms with Crippen molar-refractivity contribution < 1.29 is 22.4 Å². The number of halogens is 6. The summed E-state index contributed by atoms with van der Waals surface area (Å²) in [4.78, 5) is 10.9. The Balaban J connectivity index is 2.92. The Kier molecular flexibility index (Phi) is 4.21. The molecule has 1 amide bonds. The van der Waals surface area contributed by atoms with Crippen molar-refractivity contribution >= 4 is 34.8 Å². The Bertz CT molecular complexity index is 439. The topological polar surface area (TPSA) is 29.1 Å². The average Bonchev–Trinajstić information content (AvgIpc) is 2.23. The van der Waals surface area contributed by atoms with Gasteiger partial charge in [0.05, 0.1) is 10.7 Å². The van der Waals surface area contributed by atoms with E-state index in [1.807, 2.05) is 0 Å². The number of anilines is 1. The summed E-state index contributed by atoms with van der Waals surface area (Å²) in [7, 11) is 0. The van der Waals surface area contributed by atoms with E-state index in [-0.39, 0.29) is 15.7 Å². The molecule has 0 aliphatic carbocycles. The van der Waals surface area contributed by atoms with Crippen LogP contribution in [0.2, 0.25) is 10.0 Å². The van der Waals surface area contributed by atoms with Crippen molar-refractivity contribution in [2.24, 2.45) is 0 Å². The van der Waals surface area contributed by atoms with Crippen LogP contribution in [0.15, 0.2) is 18.2 Å². The second kappa shape index (κ2) is 5.10. The van der Waals surface area contributed by atoms with Gasteiger partial charge in [-0.25, -0.2) is 8.78 Å². The van der Waals surface area contributed by atoms with Gasteiger partial charge in [-0.2, -0.15) is 8.78 Å². The van der Waals surface area contributed by atoms with Gasteiger partial charge in [0.2, 0.25) is 0 Å². The number of carbonyl (C=O) groups excluding carboxylic acids is 1. The molecule has 17 heavy (non-hydrogen) atoms. The Morgan fingerprint density at radius 2 is 1.88 bits per heavy atom. The number of hydrogen-bond donors (Lipinski definition) is 1. The van der Waals surface area contributed by atoms with Gasteiger partial charge in [0.1, 0.15) is 0 Å². The van der Waals surface area contributed by atoms with E-state index < -0.39 is 18.3 Å². The molecular formula is C9H5Cl2F4NO. The van der Waals surface area contributed by atoms with Crippen molar-refractivity contribution in [3.8, 4) is 0 Å². The van der Waals surface area contributed by atoms with Crippen molar-refractivity contribution in [2.75, 3.05) is 5.32 Å². The van der Waals surface area contributed by atoms with E-state index in [4.69, 9.17) is 23.2 Å². The smallest absolute Gasteiger partial charge is 0.319 e. The van der Waals surface area contributed by atoms with Crippen molar-refractivity contribution in [1.29, 1.82) is 0 Å². The summed E-state index contributed by atoms with van der Waals surface area (Å²) < 4.78 is 49.0. The largest absolute Gasteiger partial charge is 0.383 e. The third-order valence-electron chi connectivity index (χ3n) is 1.75. The van der Waals surface area contributed by atoms with Crippen LogP contribution in [0.25, 0.3) is 0 Å². The molecule has 1 N–H and O–H groups in total. The van der Waals surface area contributed by atoms with Crippen LogP contribution in [0, 0.1) is 0 Å². The number of benzene rings is 1. The molecule has 0 bridgehead atoms. The molecule has 0 saturated carbocycles. The van der Waals surface area contributed by atoms with Crippen molar-refractivity contribution in [3.63, 3.8) is 0 Å². The predicted molar refractivity (Wildman–Crippen MR) is 56.0 cm³/mol. The quantitative estimate of drug-likeness (QED) is 0.842. The summed E-state index contributed by atoms with van der Waals surface area (Å²) >= 11 is 11.1. The molecule has 1 aromatic rings. The summed E-state index contributed by atoms with van der Waals surface area (Å²) in [6, 6.07) is 3.66. The summed E-state index contributed by atoms with van der Waals surface area (Å²) in [5.41, 5.74) is -0.260. The molecule has 1 aromatic carbocycles. The van der Waals surface area contributed by atoms with Crippen LogP contribution in [-0.2, 0) is 4.79 Å². The molecule has 0 radical (unpaired) electrons. The zero-order valence-electron chi connectivity index (χ0n) is 7.99. The van der Waals surface area contributed by atoms with Crippen LogP contribution >= 0.6 is 23.2 Å². The van der Waals surface area contributed by atoms with Gasteiger partial charge in [-0.1, -0.05) is 23.2 Å². The van der Waals surface area contributed by atoms with E-state index in [0.29, 0.717) is 0 Å². The van der Waals surface area contributed by atoms with E-state index in [2.05, 4.69) is 0 Å². The maximum atomic E-state index is 12.6. The van der Waals surface area contributed by atoms with Crippen LogP contribution in [0.1, 0.15) is 0 Å². The molecule has 0 atom stereocenters. The Hall–Kier alpha value is -1.01. The molecule has 0 fully saturated rings. The minimum absolute atomic E-state index is 0.0900. The van der Waals surface area contributed by atoms with Gasteiger partial charge >= 0.3 is 18.3 Å². The Labute approximate surface area is 104 Å². The molecule has 94 valence electrons. The number of carbonyl (C=O) groups is 1. The molecular weight excluding hydrogens is 285 g/mol. The number of alkyl halides is 4. The standard InChI is InChI=1S/C9H5Cl2F4NO/c10-4-1-2-5(11)6(3-4)16-8(17)9(14,15)7(12)13/h1-3,7H,(H,16,17). The van der Waals surface area contributed by atoms with E-state index in [1.54, 1.807) is 5.32 Å². The molecule has 0 saturated heterocycles. The van der Waals surface area contributed by atoms with Crippen LogP contribution in [-0.4, -0.2) is 18.3 Å². The first-order valence-electron chi connectivity index (χ1n) is 4.17. The predicted octanol–water partition coefficient (Wildman–Crippen LogP) is 3.83. The van der Waals surface area contributed by atoms with E-state index in [0.717, 1.165) is 6.07 Å². The van der Waals surface area contributed by atoms with Gasteiger partial charge in [-0.15, -0.1) is 0 Å². The minimum Gasteiger partial charge on any atom is -0.319 e. The fourth-order valence-corrected chi connectivity index (χ4v) is 1.23. The number of nitrogens with one attached hydrogen (secondary N) is 1. The fourth-order valence-electron chi connectivity index (χ4n) is 0.898. The van der Waals surface area contributed by atoms with Crippen LogP contribution in [0.3, 0.4) is 0 Å². The lowest BCUT2D eigenvalue weighted by molar-refractivity contribution is -0.163. The van der Waals surface area contributed by atoms with Gasteiger partial charge in [-0.3, -0.25) is 4.79 Å². The van der Waals surface area contributed by atoms with Gasteiger partial charge < -0.3 is 5.32 Å². The molecule has 1 rings (SSSR count). The molecule has 2 nitrogen and oxygen atoms in total. The highest BCUT2D eigenvalue weighted by Gasteiger charge is 2.49. The highest BCUT2D eigenvalue weighted by molar-refractivity contribution is 6.35. The van der Waals surface area contributed by atoms with Crippen molar-refractivity contribution in [1.82, 2.24) is 0 Å². The first-order chi connectivity index (χ1) is 7.75. The zero-order chi connectivity index (χ0) is 13.2. The lowest BCUT2D eigenvalue weighted by atomic mass is 10.2. The van der Waals surface area contributed by atoms with Gasteiger partial charge in [-0.05, 0) is 18.2 Å². The van der Waals surface area contributed by atoms with Crippen molar-refractivity contribution in [3.05, 3.63) is 28.2 Å². The van der Waals surface area contributed by atoms with E-state index in [1.165, 1.54) is 12.1 Å². The minimum atomic E-state index is -4.79. The number of hydrogen-bond acceptors (Lipinski definition) is 1. The average molecular weight is 290 g/mol. The second-order valence-electron chi connectivity index (χ2n) is 3.00. The maximum Gasteiger partial charge on any atom is 0.383 e. The molecule has 0 spiro atoms. The van der Waals surface area contributed by atoms with Crippen LogP contribution in [0.5, 0.6) is 0 Å². The number of amides is 1. The second-order valence-corrected chi connectivity index (χ2v) is 3.85. The maximum absolute atomic E-state index is 12.6. The number of rotatable bonds is 3. The summed E-state index contributed by atoms with van der Waals surface area (Å²) in [6.07, 6.45) is -4.10. The first kappa shape index (κ1) is 14.1. The highest BCUT2D eigenvalue weighted by Crippen LogP contribution is 2.29. The van der Waals surface area contributed by atoms with Crippen molar-refractivity contribution in [2.45, 2.75) is 12.3 Å². The molecule has 0 aromatic heterocycles. The van der Waals surface area contributed by atoms with Gasteiger partial charge in [0.15, 0.2) is 0 Å². The zero-order valence-corrected chi connectivity index (χ0v) is 9.50.